The first-order valence-corrected chi connectivity index (χ1v) is 13.3. The number of nitrogens with one attached hydrogen (secondary N) is 1. The van der Waals surface area contributed by atoms with Crippen LogP contribution in [0.3, 0.4) is 0 Å². The number of nitrogens with zero attached hydrogens (tertiary/aromatic N) is 2. The number of imidazole rings is 1. The van der Waals surface area contributed by atoms with Gasteiger partial charge < -0.3 is 14.8 Å². The fraction of sp³-hybridized carbons (Fsp3) is 0.281. The predicted molar refractivity (Wildman–Crippen MR) is 153 cm³/mol. The molecular formula is C32H32FN3O4. The number of ether oxygens (including phenoxy) is 1. The first-order chi connectivity index (χ1) is 19.0. The average Bonchev–Trinajstić information content (AvgIpc) is 3.44. The lowest BCUT2D eigenvalue weighted by Crippen LogP contribution is -2.30. The molecular weight excluding hydrogens is 509 g/mol. The number of anilines is 1. The van der Waals surface area contributed by atoms with Crippen LogP contribution in [0.2, 0.25) is 0 Å². The number of aromatic amines is 1. The van der Waals surface area contributed by atoms with E-state index in [4.69, 9.17) is 4.74 Å². The smallest absolute Gasteiger partial charge is 0.302 e. The molecule has 5 rings (SSSR count). The molecule has 1 amide bonds. The van der Waals surface area contributed by atoms with Gasteiger partial charge in [-0.25, -0.2) is 9.37 Å². The van der Waals surface area contributed by atoms with Crippen LogP contribution in [-0.2, 0) is 15.0 Å². The molecule has 0 spiro atoms. The van der Waals surface area contributed by atoms with Crippen molar-refractivity contribution >= 4 is 34.4 Å². The lowest BCUT2D eigenvalue weighted by Gasteiger charge is -2.25. The van der Waals surface area contributed by atoms with Crippen molar-refractivity contribution in [1.82, 2.24) is 9.97 Å². The van der Waals surface area contributed by atoms with Crippen molar-refractivity contribution in [2.75, 3.05) is 11.5 Å². The molecule has 4 aromatic rings. The molecule has 1 aliphatic rings. The summed E-state index contributed by atoms with van der Waals surface area (Å²) in [5.74, 6) is -1.66. The standard InChI is InChI=1S/C32H32FN3O4/c1-6-15-40-25-14-9-20(16-18(25)2)28(37)26-27(19-7-10-21(11-8-19)32(3,4)5)36(30(39)29(26)38)31-34-23-13-12-22(33)17-24(23)35-31/h7-14,16-17,27,37H,6,15H2,1-5H3,(H,34,35)/b28-26+. The van der Waals surface area contributed by atoms with E-state index in [9.17, 15) is 19.1 Å². The van der Waals surface area contributed by atoms with Crippen molar-refractivity contribution < 1.29 is 23.8 Å². The number of aliphatic hydroxyl groups excluding tert-OH is 1. The Bertz CT molecular complexity index is 1650. The molecule has 1 unspecified atom stereocenters. The molecule has 1 fully saturated rings. The largest absolute Gasteiger partial charge is 0.507 e. The molecule has 0 saturated carbocycles. The van der Waals surface area contributed by atoms with E-state index in [2.05, 4.69) is 30.7 Å². The number of hydrogen-bond donors (Lipinski definition) is 2. The van der Waals surface area contributed by atoms with Gasteiger partial charge in [-0.05, 0) is 71.8 Å². The third kappa shape index (κ3) is 4.85. The molecule has 1 saturated heterocycles. The number of benzene rings is 3. The van der Waals surface area contributed by atoms with Crippen molar-refractivity contribution in [1.29, 1.82) is 0 Å². The molecule has 0 bridgehead atoms. The van der Waals surface area contributed by atoms with Gasteiger partial charge in [0.1, 0.15) is 17.3 Å². The summed E-state index contributed by atoms with van der Waals surface area (Å²) in [5.41, 5.74) is 3.55. The normalized spacial score (nSPS) is 17.1. The number of ketones is 1. The SMILES string of the molecule is CCCOc1ccc(/C(O)=C2\C(=O)C(=O)N(c3nc4ccc(F)cc4[nH]3)C2c2ccc(C(C)(C)C)cc2)cc1C. The van der Waals surface area contributed by atoms with Crippen LogP contribution in [0.25, 0.3) is 16.8 Å². The number of rotatable bonds is 6. The second-order valence-corrected chi connectivity index (χ2v) is 11.1. The number of H-pyrrole nitrogens is 1. The Labute approximate surface area is 232 Å². The maximum absolute atomic E-state index is 13.9. The molecule has 0 aliphatic carbocycles. The quantitative estimate of drug-likeness (QED) is 0.160. The van der Waals surface area contributed by atoms with Crippen molar-refractivity contribution in [2.45, 2.75) is 52.5 Å². The van der Waals surface area contributed by atoms with E-state index in [0.717, 1.165) is 17.5 Å². The van der Waals surface area contributed by atoms with E-state index in [0.29, 0.717) is 34.5 Å². The van der Waals surface area contributed by atoms with Crippen LogP contribution in [-0.4, -0.2) is 33.4 Å². The third-order valence-corrected chi connectivity index (χ3v) is 7.11. The summed E-state index contributed by atoms with van der Waals surface area (Å²) in [6.07, 6.45) is 0.854. The molecule has 1 aromatic heterocycles. The number of carbonyl (C=O) groups is 2. The zero-order valence-electron chi connectivity index (χ0n) is 23.2. The molecule has 2 heterocycles. The molecule has 1 aliphatic heterocycles. The van der Waals surface area contributed by atoms with E-state index in [1.54, 1.807) is 18.2 Å². The van der Waals surface area contributed by atoms with Crippen molar-refractivity contribution in [3.05, 3.63) is 94.3 Å². The highest BCUT2D eigenvalue weighted by Crippen LogP contribution is 2.42. The monoisotopic (exact) mass is 541 g/mol. The number of aryl methyl sites for hydroxylation is 1. The van der Waals surface area contributed by atoms with Gasteiger partial charge in [0.2, 0.25) is 5.95 Å². The zero-order valence-corrected chi connectivity index (χ0v) is 23.2. The number of halogens is 1. The van der Waals surface area contributed by atoms with E-state index in [1.165, 1.54) is 23.1 Å². The topological polar surface area (TPSA) is 95.5 Å². The Balaban J connectivity index is 1.67. The highest BCUT2D eigenvalue weighted by molar-refractivity contribution is 6.51. The maximum Gasteiger partial charge on any atom is 0.302 e. The number of aliphatic hydroxyl groups is 1. The summed E-state index contributed by atoms with van der Waals surface area (Å²) in [7, 11) is 0. The Kier molecular flexibility index (Phi) is 6.96. The van der Waals surface area contributed by atoms with Gasteiger partial charge in [0.15, 0.2) is 0 Å². The van der Waals surface area contributed by atoms with E-state index in [1.807, 2.05) is 38.1 Å². The predicted octanol–water partition coefficient (Wildman–Crippen LogP) is 6.72. The van der Waals surface area contributed by atoms with Crippen LogP contribution < -0.4 is 9.64 Å². The minimum absolute atomic E-state index is 0.0539. The van der Waals surface area contributed by atoms with Crippen LogP contribution >= 0.6 is 0 Å². The average molecular weight is 542 g/mol. The Morgan fingerprint density at radius 2 is 1.80 bits per heavy atom. The molecule has 206 valence electrons. The molecule has 2 N–H and O–H groups in total. The van der Waals surface area contributed by atoms with Crippen LogP contribution in [0, 0.1) is 12.7 Å². The van der Waals surface area contributed by atoms with Gasteiger partial charge in [-0.1, -0.05) is 52.0 Å². The lowest BCUT2D eigenvalue weighted by atomic mass is 9.85. The van der Waals surface area contributed by atoms with Crippen LogP contribution in [0.5, 0.6) is 5.75 Å². The summed E-state index contributed by atoms with van der Waals surface area (Å²) in [6.45, 7) is 10.7. The van der Waals surface area contributed by atoms with Gasteiger partial charge in [0.25, 0.3) is 5.78 Å². The summed E-state index contributed by atoms with van der Waals surface area (Å²) in [6, 6.07) is 15.9. The van der Waals surface area contributed by atoms with Gasteiger partial charge in [-0.15, -0.1) is 0 Å². The van der Waals surface area contributed by atoms with E-state index < -0.39 is 23.5 Å². The molecule has 1 atom stereocenters. The first-order valence-electron chi connectivity index (χ1n) is 13.3. The zero-order chi connectivity index (χ0) is 28.8. The fourth-order valence-electron chi connectivity index (χ4n) is 4.94. The number of Topliss-reactive ketones (excluding diaryl/α,β-unsaturated/α-hetero) is 1. The first kappa shape index (κ1) is 27.1. The highest BCUT2D eigenvalue weighted by Gasteiger charge is 2.48. The molecule has 8 heteroatoms. The third-order valence-electron chi connectivity index (χ3n) is 7.11. The number of fused-ring (bicyclic) bond motifs is 1. The molecule has 40 heavy (non-hydrogen) atoms. The molecule has 3 aromatic carbocycles. The van der Waals surface area contributed by atoms with Crippen LogP contribution in [0.1, 0.15) is 62.4 Å². The number of aromatic nitrogens is 2. The number of carbonyl (C=O) groups excluding carboxylic acids is 2. The minimum atomic E-state index is -0.962. The van der Waals surface area contributed by atoms with E-state index >= 15 is 0 Å². The van der Waals surface area contributed by atoms with Crippen molar-refractivity contribution in [2.24, 2.45) is 0 Å². The summed E-state index contributed by atoms with van der Waals surface area (Å²) in [5, 5.41) is 11.5. The Hall–Kier alpha value is -4.46. The van der Waals surface area contributed by atoms with Crippen molar-refractivity contribution in [3.63, 3.8) is 0 Å². The Morgan fingerprint density at radius 1 is 1.07 bits per heavy atom. The number of hydrogen-bond acceptors (Lipinski definition) is 5. The van der Waals surface area contributed by atoms with Crippen LogP contribution in [0.4, 0.5) is 10.3 Å². The van der Waals surface area contributed by atoms with Gasteiger partial charge in [0.05, 0.1) is 29.3 Å². The molecule has 7 nitrogen and oxygen atoms in total. The Morgan fingerprint density at radius 3 is 2.45 bits per heavy atom. The summed E-state index contributed by atoms with van der Waals surface area (Å²) in [4.78, 5) is 35.8. The van der Waals surface area contributed by atoms with Crippen molar-refractivity contribution in [3.8, 4) is 5.75 Å². The summed E-state index contributed by atoms with van der Waals surface area (Å²) >= 11 is 0. The number of amides is 1. The van der Waals surface area contributed by atoms with Gasteiger partial charge in [-0.3, -0.25) is 14.5 Å². The lowest BCUT2D eigenvalue weighted by molar-refractivity contribution is -0.132. The second kappa shape index (κ2) is 10.3. The summed E-state index contributed by atoms with van der Waals surface area (Å²) < 4.78 is 19.7. The van der Waals surface area contributed by atoms with E-state index in [-0.39, 0.29) is 22.7 Å². The van der Waals surface area contributed by atoms with Gasteiger partial charge >= 0.3 is 5.91 Å². The fourth-order valence-corrected chi connectivity index (χ4v) is 4.94. The maximum atomic E-state index is 13.9. The molecule has 0 radical (unpaired) electrons. The highest BCUT2D eigenvalue weighted by atomic mass is 19.1. The minimum Gasteiger partial charge on any atom is -0.507 e. The van der Waals surface area contributed by atoms with Gasteiger partial charge in [0, 0.05) is 5.56 Å². The van der Waals surface area contributed by atoms with Gasteiger partial charge in [-0.2, -0.15) is 0 Å². The second-order valence-electron chi connectivity index (χ2n) is 11.1. The van der Waals surface area contributed by atoms with Crippen LogP contribution in [0.15, 0.2) is 66.2 Å².